The summed E-state index contributed by atoms with van der Waals surface area (Å²) in [6, 6.07) is 21.5. The molecule has 1 aliphatic rings. The molecule has 0 atom stereocenters. The molecular formula is C27H30N2O5S. The molecule has 0 spiro atoms. The number of benzene rings is 3. The Labute approximate surface area is 206 Å². The van der Waals surface area contributed by atoms with Crippen molar-refractivity contribution in [3.63, 3.8) is 0 Å². The Morgan fingerprint density at radius 2 is 1.60 bits per heavy atom. The number of sulfonamides is 1. The summed E-state index contributed by atoms with van der Waals surface area (Å²) >= 11 is 0. The number of hydrogen-bond donors (Lipinski definition) is 1. The van der Waals surface area contributed by atoms with Crippen LogP contribution in [0.25, 0.3) is 0 Å². The lowest BCUT2D eigenvalue weighted by molar-refractivity contribution is 0.0950. The summed E-state index contributed by atoms with van der Waals surface area (Å²) in [6.07, 6.45) is 2.86. The number of nitrogens with one attached hydrogen (secondary N) is 1. The van der Waals surface area contributed by atoms with Crippen LogP contribution in [0.4, 0.5) is 0 Å². The van der Waals surface area contributed by atoms with E-state index in [1.807, 2.05) is 30.3 Å². The van der Waals surface area contributed by atoms with Crippen LogP contribution >= 0.6 is 0 Å². The van der Waals surface area contributed by atoms with Crippen LogP contribution in [0.1, 0.15) is 40.7 Å². The number of amides is 1. The fourth-order valence-corrected chi connectivity index (χ4v) is 5.50. The zero-order valence-electron chi connectivity index (χ0n) is 19.8. The van der Waals surface area contributed by atoms with Gasteiger partial charge in [-0.05, 0) is 54.3 Å². The van der Waals surface area contributed by atoms with Crippen molar-refractivity contribution in [1.82, 2.24) is 9.62 Å². The van der Waals surface area contributed by atoms with Crippen LogP contribution < -0.4 is 14.8 Å². The summed E-state index contributed by atoms with van der Waals surface area (Å²) in [5.74, 6) is 0.766. The fraction of sp³-hybridized carbons (Fsp3) is 0.296. The second-order valence-electron chi connectivity index (χ2n) is 8.43. The van der Waals surface area contributed by atoms with Gasteiger partial charge in [-0.3, -0.25) is 4.79 Å². The summed E-state index contributed by atoms with van der Waals surface area (Å²) in [4.78, 5) is 13.0. The summed E-state index contributed by atoms with van der Waals surface area (Å²) in [5, 5.41) is 2.87. The quantitative estimate of drug-likeness (QED) is 0.477. The van der Waals surface area contributed by atoms with E-state index < -0.39 is 10.0 Å². The molecule has 8 heteroatoms. The molecule has 4 rings (SSSR count). The molecule has 1 amide bonds. The topological polar surface area (TPSA) is 84.9 Å². The van der Waals surface area contributed by atoms with Crippen molar-refractivity contribution in [1.29, 1.82) is 0 Å². The van der Waals surface area contributed by atoms with E-state index in [-0.39, 0.29) is 17.3 Å². The summed E-state index contributed by atoms with van der Waals surface area (Å²) < 4.78 is 38.4. The van der Waals surface area contributed by atoms with Crippen LogP contribution in [0.3, 0.4) is 0 Å². The Morgan fingerprint density at radius 3 is 2.29 bits per heavy atom. The van der Waals surface area contributed by atoms with Gasteiger partial charge in [0.15, 0.2) is 11.5 Å². The SMILES string of the molecule is COc1cc(C(=O)NCc2ccc(S(=O)(=O)N3CCCCC3)cc2)ccc1OCc1ccccc1. The van der Waals surface area contributed by atoms with Gasteiger partial charge in [0, 0.05) is 25.2 Å². The van der Waals surface area contributed by atoms with Crippen molar-refractivity contribution in [2.45, 2.75) is 37.3 Å². The first-order valence-electron chi connectivity index (χ1n) is 11.7. The van der Waals surface area contributed by atoms with Crippen LogP contribution in [0, 0.1) is 0 Å². The van der Waals surface area contributed by atoms with Gasteiger partial charge in [-0.15, -0.1) is 0 Å². The molecule has 1 heterocycles. The normalized spacial score (nSPS) is 14.3. The third-order valence-corrected chi connectivity index (χ3v) is 7.91. The van der Waals surface area contributed by atoms with E-state index in [1.165, 1.54) is 7.11 Å². The second-order valence-corrected chi connectivity index (χ2v) is 10.4. The van der Waals surface area contributed by atoms with Crippen molar-refractivity contribution in [2.24, 2.45) is 0 Å². The molecule has 7 nitrogen and oxygen atoms in total. The molecule has 0 bridgehead atoms. The highest BCUT2D eigenvalue weighted by Gasteiger charge is 2.25. The summed E-state index contributed by atoms with van der Waals surface area (Å²) in [5.41, 5.74) is 2.29. The van der Waals surface area contributed by atoms with E-state index in [9.17, 15) is 13.2 Å². The van der Waals surface area contributed by atoms with Crippen LogP contribution in [0.5, 0.6) is 11.5 Å². The van der Waals surface area contributed by atoms with E-state index in [1.54, 1.807) is 46.8 Å². The number of methoxy groups -OCH3 is 1. The first-order valence-corrected chi connectivity index (χ1v) is 13.1. The molecule has 1 saturated heterocycles. The third kappa shape index (κ3) is 6.21. The fourth-order valence-electron chi connectivity index (χ4n) is 3.98. The lowest BCUT2D eigenvalue weighted by atomic mass is 10.1. The van der Waals surface area contributed by atoms with Crippen molar-refractivity contribution >= 4 is 15.9 Å². The van der Waals surface area contributed by atoms with Crippen LogP contribution in [-0.4, -0.2) is 38.8 Å². The van der Waals surface area contributed by atoms with Gasteiger partial charge in [0.05, 0.1) is 12.0 Å². The number of piperidine rings is 1. The van der Waals surface area contributed by atoms with Crippen LogP contribution in [0.15, 0.2) is 77.7 Å². The van der Waals surface area contributed by atoms with Gasteiger partial charge >= 0.3 is 0 Å². The van der Waals surface area contributed by atoms with E-state index in [2.05, 4.69) is 5.32 Å². The van der Waals surface area contributed by atoms with E-state index in [4.69, 9.17) is 9.47 Å². The zero-order chi connectivity index (χ0) is 24.7. The van der Waals surface area contributed by atoms with Gasteiger partial charge in [0.25, 0.3) is 5.91 Å². The molecule has 35 heavy (non-hydrogen) atoms. The Kier molecular flexibility index (Phi) is 8.05. The number of rotatable bonds is 9. The Morgan fingerprint density at radius 1 is 0.886 bits per heavy atom. The van der Waals surface area contributed by atoms with Gasteiger partial charge in [-0.2, -0.15) is 4.31 Å². The number of hydrogen-bond acceptors (Lipinski definition) is 5. The number of carbonyl (C=O) groups excluding carboxylic acids is 1. The van der Waals surface area contributed by atoms with Gasteiger partial charge in [0.2, 0.25) is 10.0 Å². The van der Waals surface area contributed by atoms with E-state index in [0.717, 1.165) is 30.4 Å². The highest BCUT2D eigenvalue weighted by atomic mass is 32.2. The number of ether oxygens (including phenoxy) is 2. The predicted molar refractivity (Wildman–Crippen MR) is 134 cm³/mol. The highest BCUT2D eigenvalue weighted by molar-refractivity contribution is 7.89. The number of carbonyl (C=O) groups is 1. The minimum absolute atomic E-state index is 0.261. The first-order chi connectivity index (χ1) is 17.0. The Hall–Kier alpha value is -3.36. The van der Waals surface area contributed by atoms with Gasteiger partial charge in [-0.25, -0.2) is 8.42 Å². The molecule has 0 aromatic heterocycles. The average molecular weight is 495 g/mol. The lowest BCUT2D eigenvalue weighted by Crippen LogP contribution is -2.35. The van der Waals surface area contributed by atoms with Crippen molar-refractivity contribution in [3.8, 4) is 11.5 Å². The van der Waals surface area contributed by atoms with Gasteiger partial charge in [0.1, 0.15) is 6.61 Å². The molecule has 3 aromatic rings. The molecule has 1 aliphatic heterocycles. The number of nitrogens with zero attached hydrogens (tertiary/aromatic N) is 1. The minimum Gasteiger partial charge on any atom is -0.493 e. The second kappa shape index (κ2) is 11.4. The maximum atomic E-state index is 12.8. The zero-order valence-corrected chi connectivity index (χ0v) is 20.6. The summed E-state index contributed by atoms with van der Waals surface area (Å²) in [7, 11) is -1.93. The molecule has 1 fully saturated rings. The Balaban J connectivity index is 1.35. The standard InChI is InChI=1S/C27H30N2O5S/c1-33-26-18-23(12-15-25(26)34-20-22-8-4-2-5-9-22)27(30)28-19-21-10-13-24(14-11-21)35(31,32)29-16-6-3-7-17-29/h2,4-5,8-15,18H,3,6-7,16-17,19-20H2,1H3,(H,28,30). The molecule has 3 aromatic carbocycles. The maximum absolute atomic E-state index is 12.8. The molecule has 0 radical (unpaired) electrons. The molecule has 0 saturated carbocycles. The smallest absolute Gasteiger partial charge is 0.251 e. The van der Waals surface area contributed by atoms with Crippen LogP contribution in [0.2, 0.25) is 0 Å². The molecule has 184 valence electrons. The van der Waals surface area contributed by atoms with Crippen molar-refractivity contribution in [2.75, 3.05) is 20.2 Å². The third-order valence-electron chi connectivity index (χ3n) is 5.99. The lowest BCUT2D eigenvalue weighted by Gasteiger charge is -2.25. The first kappa shape index (κ1) is 24.8. The van der Waals surface area contributed by atoms with Gasteiger partial charge in [-0.1, -0.05) is 48.9 Å². The summed E-state index contributed by atoms with van der Waals surface area (Å²) in [6.45, 7) is 1.81. The van der Waals surface area contributed by atoms with Gasteiger partial charge < -0.3 is 14.8 Å². The predicted octanol–water partition coefficient (Wildman–Crippen LogP) is 4.38. The Bertz CT molecular complexity index is 1240. The monoisotopic (exact) mass is 494 g/mol. The minimum atomic E-state index is -3.47. The average Bonchev–Trinajstić information content (AvgIpc) is 2.91. The van der Waals surface area contributed by atoms with E-state index >= 15 is 0 Å². The highest BCUT2D eigenvalue weighted by Crippen LogP contribution is 2.29. The molecule has 0 aliphatic carbocycles. The van der Waals surface area contributed by atoms with Crippen molar-refractivity contribution < 1.29 is 22.7 Å². The maximum Gasteiger partial charge on any atom is 0.251 e. The molecule has 1 N–H and O–H groups in total. The molecule has 0 unspecified atom stereocenters. The molecular weight excluding hydrogens is 464 g/mol. The van der Waals surface area contributed by atoms with E-state index in [0.29, 0.717) is 36.8 Å². The van der Waals surface area contributed by atoms with Crippen LogP contribution in [-0.2, 0) is 23.2 Å². The van der Waals surface area contributed by atoms with Crippen molar-refractivity contribution in [3.05, 3.63) is 89.5 Å². The largest absolute Gasteiger partial charge is 0.493 e.